The van der Waals surface area contributed by atoms with Gasteiger partial charge in [-0.05, 0) is 35.9 Å². The summed E-state index contributed by atoms with van der Waals surface area (Å²) in [6.07, 6.45) is 3.51. The Bertz CT molecular complexity index is 777. The molecule has 0 aliphatic carbocycles. The first-order chi connectivity index (χ1) is 11.8. The van der Waals surface area contributed by atoms with Crippen LogP contribution in [0.1, 0.15) is 5.56 Å². The van der Waals surface area contributed by atoms with Crippen molar-refractivity contribution < 1.29 is 4.79 Å². The number of para-hydroxylation sites is 1. The van der Waals surface area contributed by atoms with Crippen LogP contribution in [0.5, 0.6) is 0 Å². The molecule has 24 heavy (non-hydrogen) atoms. The Kier molecular flexibility index (Phi) is 4.94. The lowest BCUT2D eigenvalue weighted by atomic mass is 10.3. The molecule has 0 unspecified atom stereocenters. The highest BCUT2D eigenvalue weighted by molar-refractivity contribution is 5.99. The highest BCUT2D eigenvalue weighted by atomic mass is 16.2. The van der Waals surface area contributed by atoms with E-state index in [1.54, 1.807) is 36.7 Å². The summed E-state index contributed by atoms with van der Waals surface area (Å²) in [4.78, 5) is 15.9. The third-order valence-corrected chi connectivity index (χ3v) is 3.13. The van der Waals surface area contributed by atoms with Gasteiger partial charge in [0.25, 0.3) is 0 Å². The zero-order valence-corrected chi connectivity index (χ0v) is 12.8. The van der Waals surface area contributed by atoms with E-state index in [1.807, 2.05) is 30.3 Å². The molecule has 0 radical (unpaired) electrons. The third kappa shape index (κ3) is 4.51. The number of aromatic nitrogens is 3. The predicted molar refractivity (Wildman–Crippen MR) is 92.7 cm³/mol. The number of carbonyl (C=O) groups is 1. The highest BCUT2D eigenvalue weighted by Gasteiger charge is 2.04. The number of urea groups is 1. The first kappa shape index (κ1) is 15.4. The monoisotopic (exact) mass is 320 g/mol. The van der Waals surface area contributed by atoms with Gasteiger partial charge in [0.1, 0.15) is 5.82 Å². The molecular weight excluding hydrogens is 304 g/mol. The Morgan fingerprint density at radius 1 is 0.875 bits per heavy atom. The van der Waals surface area contributed by atoms with E-state index in [0.717, 1.165) is 5.56 Å². The van der Waals surface area contributed by atoms with Gasteiger partial charge in [0, 0.05) is 24.6 Å². The number of hydrogen-bond acceptors (Lipinski definition) is 5. The fraction of sp³-hybridized carbons (Fsp3) is 0.0588. The number of anilines is 3. The first-order valence-electron chi connectivity index (χ1n) is 7.39. The van der Waals surface area contributed by atoms with Crippen LogP contribution in [-0.4, -0.2) is 21.2 Å². The van der Waals surface area contributed by atoms with Crippen molar-refractivity contribution in [3.05, 3.63) is 72.6 Å². The van der Waals surface area contributed by atoms with Crippen molar-refractivity contribution in [2.45, 2.75) is 6.54 Å². The molecule has 1 aromatic carbocycles. The van der Waals surface area contributed by atoms with Crippen LogP contribution in [0.3, 0.4) is 0 Å². The van der Waals surface area contributed by atoms with Crippen molar-refractivity contribution in [1.29, 1.82) is 0 Å². The maximum absolute atomic E-state index is 11.9. The van der Waals surface area contributed by atoms with Crippen molar-refractivity contribution in [2.75, 3.05) is 16.0 Å². The summed E-state index contributed by atoms with van der Waals surface area (Å²) in [6, 6.07) is 16.1. The lowest BCUT2D eigenvalue weighted by Crippen LogP contribution is -2.20. The highest BCUT2D eigenvalue weighted by Crippen LogP contribution is 2.09. The summed E-state index contributed by atoms with van der Waals surface area (Å²) in [5.74, 6) is 0.989. The van der Waals surface area contributed by atoms with Crippen molar-refractivity contribution >= 4 is 23.4 Å². The molecule has 0 saturated heterocycles. The van der Waals surface area contributed by atoms with Crippen LogP contribution in [-0.2, 0) is 6.54 Å². The van der Waals surface area contributed by atoms with Gasteiger partial charge >= 0.3 is 6.03 Å². The molecule has 0 atom stereocenters. The maximum atomic E-state index is 11.9. The van der Waals surface area contributed by atoms with E-state index >= 15 is 0 Å². The van der Waals surface area contributed by atoms with Gasteiger partial charge in [-0.2, -0.15) is 0 Å². The Hall–Kier alpha value is -3.48. The second kappa shape index (κ2) is 7.68. The summed E-state index contributed by atoms with van der Waals surface area (Å²) in [5.41, 5.74) is 1.75. The number of rotatable bonds is 5. The van der Waals surface area contributed by atoms with E-state index in [9.17, 15) is 4.79 Å². The zero-order chi connectivity index (χ0) is 16.6. The van der Waals surface area contributed by atoms with Gasteiger partial charge in [0.15, 0.2) is 5.82 Å². The van der Waals surface area contributed by atoms with E-state index in [2.05, 4.69) is 31.1 Å². The number of nitrogens with zero attached hydrogens (tertiary/aromatic N) is 3. The Morgan fingerprint density at radius 2 is 1.67 bits per heavy atom. The van der Waals surface area contributed by atoms with Crippen LogP contribution in [0, 0.1) is 0 Å². The average molecular weight is 320 g/mol. The van der Waals surface area contributed by atoms with Crippen LogP contribution < -0.4 is 16.0 Å². The van der Waals surface area contributed by atoms with E-state index in [1.165, 1.54) is 0 Å². The zero-order valence-electron chi connectivity index (χ0n) is 12.8. The van der Waals surface area contributed by atoms with Crippen molar-refractivity contribution in [1.82, 2.24) is 15.2 Å². The molecule has 3 aromatic rings. The number of nitrogens with one attached hydrogen (secondary N) is 3. The summed E-state index contributed by atoms with van der Waals surface area (Å²) < 4.78 is 0. The minimum absolute atomic E-state index is 0.369. The van der Waals surface area contributed by atoms with E-state index in [4.69, 9.17) is 0 Å². The molecular formula is C17H16N6O. The van der Waals surface area contributed by atoms with Gasteiger partial charge < -0.3 is 10.6 Å². The minimum atomic E-state index is -0.369. The lowest BCUT2D eigenvalue weighted by molar-refractivity contribution is 0.262. The molecule has 0 fully saturated rings. The molecule has 2 heterocycles. The molecule has 0 aliphatic heterocycles. The Morgan fingerprint density at radius 3 is 2.38 bits per heavy atom. The molecule has 120 valence electrons. The molecule has 0 bridgehead atoms. The Balaban J connectivity index is 1.51. The molecule has 2 amide bonds. The van der Waals surface area contributed by atoms with Crippen LogP contribution in [0.25, 0.3) is 0 Å². The van der Waals surface area contributed by atoms with Crippen molar-refractivity contribution in [3.63, 3.8) is 0 Å². The van der Waals surface area contributed by atoms with Crippen LogP contribution in [0.2, 0.25) is 0 Å². The number of benzene rings is 1. The topological polar surface area (TPSA) is 91.8 Å². The van der Waals surface area contributed by atoms with Gasteiger partial charge in [-0.15, -0.1) is 10.2 Å². The van der Waals surface area contributed by atoms with E-state index < -0.39 is 0 Å². The SMILES string of the molecule is O=C(Nc1ccccc1)Nc1ccc(NCc2cccnc2)nn1. The number of amides is 2. The van der Waals surface area contributed by atoms with E-state index in [-0.39, 0.29) is 6.03 Å². The number of pyridine rings is 1. The van der Waals surface area contributed by atoms with Gasteiger partial charge in [0.2, 0.25) is 0 Å². The van der Waals surface area contributed by atoms with Gasteiger partial charge in [-0.3, -0.25) is 10.3 Å². The lowest BCUT2D eigenvalue weighted by Gasteiger charge is -2.08. The van der Waals surface area contributed by atoms with Crippen LogP contribution >= 0.6 is 0 Å². The number of hydrogen-bond donors (Lipinski definition) is 3. The summed E-state index contributed by atoms with van der Waals surface area (Å²) >= 11 is 0. The fourth-order valence-electron chi connectivity index (χ4n) is 1.99. The van der Waals surface area contributed by atoms with Crippen LogP contribution in [0.4, 0.5) is 22.1 Å². The van der Waals surface area contributed by atoms with Crippen molar-refractivity contribution in [2.24, 2.45) is 0 Å². The average Bonchev–Trinajstić information content (AvgIpc) is 2.63. The second-order valence-corrected chi connectivity index (χ2v) is 4.96. The molecule has 7 nitrogen and oxygen atoms in total. The van der Waals surface area contributed by atoms with Gasteiger partial charge in [0.05, 0.1) is 0 Å². The molecule has 0 saturated carbocycles. The van der Waals surface area contributed by atoms with Crippen LogP contribution in [0.15, 0.2) is 67.0 Å². The fourth-order valence-corrected chi connectivity index (χ4v) is 1.99. The number of carbonyl (C=O) groups excluding carboxylic acids is 1. The third-order valence-electron chi connectivity index (χ3n) is 3.13. The molecule has 2 aromatic heterocycles. The smallest absolute Gasteiger partial charge is 0.324 e. The molecule has 0 aliphatic rings. The molecule has 3 rings (SSSR count). The summed E-state index contributed by atoms with van der Waals surface area (Å²) in [6.45, 7) is 0.601. The largest absolute Gasteiger partial charge is 0.364 e. The normalized spacial score (nSPS) is 10.0. The van der Waals surface area contributed by atoms with E-state index in [0.29, 0.717) is 23.9 Å². The first-order valence-corrected chi connectivity index (χ1v) is 7.39. The second-order valence-electron chi connectivity index (χ2n) is 4.96. The van der Waals surface area contributed by atoms with Gasteiger partial charge in [-0.25, -0.2) is 4.79 Å². The van der Waals surface area contributed by atoms with Gasteiger partial charge in [-0.1, -0.05) is 24.3 Å². The predicted octanol–water partition coefficient (Wildman–Crippen LogP) is 3.13. The Labute approximate surface area is 139 Å². The van der Waals surface area contributed by atoms with Crippen molar-refractivity contribution in [3.8, 4) is 0 Å². The standard InChI is InChI=1S/C17H16N6O/c24-17(20-14-6-2-1-3-7-14)21-16-9-8-15(22-23-16)19-12-13-5-4-10-18-11-13/h1-11H,12H2,(H,19,22)(H2,20,21,23,24). The summed E-state index contributed by atoms with van der Waals surface area (Å²) in [5, 5.41) is 16.5. The quantitative estimate of drug-likeness (QED) is 0.672. The molecule has 0 spiro atoms. The minimum Gasteiger partial charge on any atom is -0.364 e. The summed E-state index contributed by atoms with van der Waals surface area (Å²) in [7, 11) is 0. The molecule has 3 N–H and O–H groups in total. The molecule has 7 heteroatoms. The maximum Gasteiger partial charge on any atom is 0.324 e.